The van der Waals surface area contributed by atoms with Crippen molar-refractivity contribution in [2.45, 2.75) is 6.42 Å². The van der Waals surface area contributed by atoms with E-state index in [-0.39, 0.29) is 6.42 Å². The molecule has 0 saturated heterocycles. The minimum absolute atomic E-state index is 0.0549. The smallest absolute Gasteiger partial charge is 0.318 e. The van der Waals surface area contributed by atoms with Crippen molar-refractivity contribution < 1.29 is 19.8 Å². The van der Waals surface area contributed by atoms with Crippen molar-refractivity contribution in [2.24, 2.45) is 5.92 Å². The molecule has 1 aromatic heterocycles. The maximum atomic E-state index is 10.6. The second-order valence-electron chi connectivity index (χ2n) is 2.77. The molecule has 0 saturated carbocycles. The predicted octanol–water partition coefficient (Wildman–Crippen LogP) is 2.49. The highest BCUT2D eigenvalue weighted by Crippen LogP contribution is 2.33. The van der Waals surface area contributed by atoms with Gasteiger partial charge in [0.05, 0.1) is 8.81 Å². The van der Waals surface area contributed by atoms with Crippen LogP contribution in [-0.4, -0.2) is 22.2 Å². The first-order valence-electron chi connectivity index (χ1n) is 3.81. The van der Waals surface area contributed by atoms with Gasteiger partial charge < -0.3 is 10.2 Å². The highest BCUT2D eigenvalue weighted by atomic mass is 79.9. The first-order valence-corrected chi connectivity index (χ1v) is 5.80. The van der Waals surface area contributed by atoms with Gasteiger partial charge in [0, 0.05) is 11.3 Å². The molecule has 7 heteroatoms. The lowest BCUT2D eigenvalue weighted by atomic mass is 10.1. The Morgan fingerprint density at radius 1 is 1.47 bits per heavy atom. The van der Waals surface area contributed by atoms with Gasteiger partial charge in [0.1, 0.15) is 0 Å². The summed E-state index contributed by atoms with van der Waals surface area (Å²) in [5.41, 5.74) is 0. The minimum atomic E-state index is -1.42. The number of carboxylic acid groups (broad SMARTS) is 2. The maximum Gasteiger partial charge on any atom is 0.318 e. The molecule has 0 spiro atoms. The lowest BCUT2D eigenvalue weighted by Gasteiger charge is -2.04. The molecule has 2 N–H and O–H groups in total. The van der Waals surface area contributed by atoms with Gasteiger partial charge in [-0.1, -0.05) is 11.6 Å². The van der Waals surface area contributed by atoms with Crippen LogP contribution in [0.15, 0.2) is 9.85 Å². The molecular weight excluding hydrogens is 308 g/mol. The lowest BCUT2D eigenvalue weighted by molar-refractivity contribution is -0.154. The Bertz CT molecular complexity index is 370. The molecule has 15 heavy (non-hydrogen) atoms. The van der Waals surface area contributed by atoms with Crippen LogP contribution in [0.2, 0.25) is 5.02 Å². The third-order valence-electron chi connectivity index (χ3n) is 1.70. The van der Waals surface area contributed by atoms with E-state index in [1.165, 1.54) is 11.3 Å². The van der Waals surface area contributed by atoms with E-state index in [9.17, 15) is 9.59 Å². The van der Waals surface area contributed by atoms with E-state index in [1.807, 2.05) is 0 Å². The normalized spacial score (nSPS) is 10.6. The fraction of sp³-hybridized carbons (Fsp3) is 0.250. The fourth-order valence-corrected chi connectivity index (χ4v) is 2.84. The zero-order valence-corrected chi connectivity index (χ0v) is 10.4. The summed E-state index contributed by atoms with van der Waals surface area (Å²) in [6.45, 7) is 0. The minimum Gasteiger partial charge on any atom is -0.481 e. The largest absolute Gasteiger partial charge is 0.481 e. The molecule has 82 valence electrons. The molecule has 0 aliphatic carbocycles. The monoisotopic (exact) mass is 312 g/mol. The Kier molecular flexibility index (Phi) is 4.12. The number of aliphatic carboxylic acids is 2. The molecule has 1 heterocycles. The summed E-state index contributed by atoms with van der Waals surface area (Å²) in [6, 6.07) is 1.56. The summed E-state index contributed by atoms with van der Waals surface area (Å²) in [5.74, 6) is -4.11. The zero-order chi connectivity index (χ0) is 11.6. The molecule has 0 bridgehead atoms. The number of carboxylic acids is 2. The number of hydrogen-bond acceptors (Lipinski definition) is 3. The van der Waals surface area contributed by atoms with E-state index in [0.717, 1.165) is 0 Å². The van der Waals surface area contributed by atoms with Gasteiger partial charge in [-0.3, -0.25) is 9.59 Å². The van der Waals surface area contributed by atoms with E-state index in [2.05, 4.69) is 15.9 Å². The van der Waals surface area contributed by atoms with Crippen molar-refractivity contribution in [1.82, 2.24) is 0 Å². The Hall–Kier alpha value is -0.590. The lowest BCUT2D eigenvalue weighted by Crippen LogP contribution is -2.25. The predicted molar refractivity (Wildman–Crippen MR) is 59.5 cm³/mol. The molecule has 0 amide bonds. The molecule has 1 rings (SSSR count). The number of carbonyl (C=O) groups is 2. The van der Waals surface area contributed by atoms with Crippen molar-refractivity contribution >= 4 is 50.8 Å². The maximum absolute atomic E-state index is 10.6. The van der Waals surface area contributed by atoms with Crippen LogP contribution in [0.3, 0.4) is 0 Å². The highest BCUT2D eigenvalue weighted by molar-refractivity contribution is 9.11. The van der Waals surface area contributed by atoms with Crippen molar-refractivity contribution in [3.8, 4) is 0 Å². The summed E-state index contributed by atoms with van der Waals surface area (Å²) in [6.07, 6.45) is -0.0549. The van der Waals surface area contributed by atoms with Gasteiger partial charge in [-0.25, -0.2) is 0 Å². The second kappa shape index (κ2) is 4.96. The van der Waals surface area contributed by atoms with Crippen molar-refractivity contribution in [1.29, 1.82) is 0 Å². The van der Waals surface area contributed by atoms with Gasteiger partial charge in [0.15, 0.2) is 5.92 Å². The van der Waals surface area contributed by atoms with Crippen LogP contribution in [-0.2, 0) is 16.0 Å². The van der Waals surface area contributed by atoms with Gasteiger partial charge in [0.2, 0.25) is 0 Å². The molecule has 0 aromatic carbocycles. The quantitative estimate of drug-likeness (QED) is 0.838. The average Bonchev–Trinajstić information content (AvgIpc) is 2.41. The number of rotatable bonds is 4. The Balaban J connectivity index is 2.83. The Morgan fingerprint density at radius 2 is 2.00 bits per heavy atom. The van der Waals surface area contributed by atoms with E-state index >= 15 is 0 Å². The van der Waals surface area contributed by atoms with Crippen molar-refractivity contribution in [2.75, 3.05) is 0 Å². The molecular formula is C8H6BrClO4S. The molecule has 0 fully saturated rings. The SMILES string of the molecule is O=C(O)C(Cc1cc(Cl)c(Br)s1)C(=O)O. The van der Waals surface area contributed by atoms with Crippen LogP contribution in [0.5, 0.6) is 0 Å². The van der Waals surface area contributed by atoms with Crippen LogP contribution in [0.4, 0.5) is 0 Å². The Morgan fingerprint density at radius 3 is 2.33 bits per heavy atom. The summed E-state index contributed by atoms with van der Waals surface area (Å²) in [7, 11) is 0. The van der Waals surface area contributed by atoms with Crippen LogP contribution >= 0.6 is 38.9 Å². The fourth-order valence-electron chi connectivity index (χ4n) is 0.973. The molecule has 0 unspecified atom stereocenters. The first-order chi connectivity index (χ1) is 6.91. The van der Waals surface area contributed by atoms with Crippen molar-refractivity contribution in [3.63, 3.8) is 0 Å². The Labute approximate surface area is 103 Å². The highest BCUT2D eigenvalue weighted by Gasteiger charge is 2.26. The van der Waals surface area contributed by atoms with Crippen LogP contribution < -0.4 is 0 Å². The van der Waals surface area contributed by atoms with Crippen LogP contribution in [0.1, 0.15) is 4.88 Å². The summed E-state index contributed by atoms with van der Waals surface area (Å²) >= 11 is 10.1. The molecule has 1 aromatic rings. The molecule has 0 aliphatic heterocycles. The first kappa shape index (κ1) is 12.5. The second-order valence-corrected chi connectivity index (χ2v) is 5.63. The third kappa shape index (κ3) is 3.19. The molecule has 0 atom stereocenters. The number of hydrogen-bond donors (Lipinski definition) is 2. The molecule has 0 aliphatic rings. The van der Waals surface area contributed by atoms with Gasteiger partial charge in [-0.05, 0) is 22.0 Å². The van der Waals surface area contributed by atoms with E-state index < -0.39 is 17.9 Å². The van der Waals surface area contributed by atoms with Crippen LogP contribution in [0, 0.1) is 5.92 Å². The van der Waals surface area contributed by atoms with E-state index in [1.54, 1.807) is 6.07 Å². The van der Waals surface area contributed by atoms with Gasteiger partial charge in [0.25, 0.3) is 0 Å². The molecule has 4 nitrogen and oxygen atoms in total. The number of halogens is 2. The van der Waals surface area contributed by atoms with E-state index in [4.69, 9.17) is 21.8 Å². The van der Waals surface area contributed by atoms with Gasteiger partial charge >= 0.3 is 11.9 Å². The summed E-state index contributed by atoms with van der Waals surface area (Å²) < 4.78 is 0.675. The third-order valence-corrected chi connectivity index (χ3v) is 4.19. The summed E-state index contributed by atoms with van der Waals surface area (Å²) in [5, 5.41) is 17.8. The van der Waals surface area contributed by atoms with E-state index in [0.29, 0.717) is 13.7 Å². The topological polar surface area (TPSA) is 74.6 Å². The zero-order valence-electron chi connectivity index (χ0n) is 7.24. The van der Waals surface area contributed by atoms with Gasteiger partial charge in [-0.2, -0.15) is 0 Å². The number of thiophene rings is 1. The average molecular weight is 314 g/mol. The summed E-state index contributed by atoms with van der Waals surface area (Å²) in [4.78, 5) is 21.9. The van der Waals surface area contributed by atoms with Crippen LogP contribution in [0.25, 0.3) is 0 Å². The standard InChI is InChI=1S/C8H6BrClO4S/c9-6-5(10)2-3(15-6)1-4(7(11)12)8(13)14/h2,4H,1H2,(H,11,12)(H,13,14). The van der Waals surface area contributed by atoms with Crippen molar-refractivity contribution in [3.05, 3.63) is 19.8 Å². The molecule has 0 radical (unpaired) electrons. The van der Waals surface area contributed by atoms with Gasteiger partial charge in [-0.15, -0.1) is 11.3 Å².